The highest BCUT2D eigenvalue weighted by Gasteiger charge is 2.24. The van der Waals surface area contributed by atoms with Crippen LogP contribution in [0.5, 0.6) is 11.5 Å². The molecule has 162 valence electrons. The largest absolute Gasteiger partial charge is 0.504 e. The molecule has 0 fully saturated rings. The molecule has 0 bridgehead atoms. The molecule has 2 N–H and O–H groups in total. The number of hydroxylamine groups is 2. The number of aromatic hydroxyl groups is 2. The van der Waals surface area contributed by atoms with Crippen LogP contribution in [0.1, 0.15) is 78.3 Å². The maximum Gasteiger partial charge on any atom is 0.357 e. The molecule has 0 aliphatic rings. The van der Waals surface area contributed by atoms with E-state index in [1.165, 1.54) is 18.2 Å². The van der Waals surface area contributed by atoms with Crippen molar-refractivity contribution >= 4 is 11.8 Å². The molecule has 0 unspecified atom stereocenters. The van der Waals surface area contributed by atoms with Gasteiger partial charge in [0.1, 0.15) is 0 Å². The predicted octanol–water partition coefficient (Wildman–Crippen LogP) is 4.87. The predicted molar refractivity (Wildman–Crippen MR) is 116 cm³/mol. The number of carbonyl (C=O) groups excluding carboxylic acids is 2. The van der Waals surface area contributed by atoms with Crippen LogP contribution in [0.3, 0.4) is 0 Å². The Morgan fingerprint density at radius 1 is 0.867 bits per heavy atom. The molecule has 2 aromatic rings. The summed E-state index contributed by atoms with van der Waals surface area (Å²) in [6, 6.07) is 9.23. The highest BCUT2D eigenvalue weighted by atomic mass is 16.7. The lowest BCUT2D eigenvalue weighted by molar-refractivity contribution is -0.103. The van der Waals surface area contributed by atoms with Crippen molar-refractivity contribution in [1.29, 1.82) is 0 Å². The summed E-state index contributed by atoms with van der Waals surface area (Å²) >= 11 is 0. The van der Waals surface area contributed by atoms with Gasteiger partial charge < -0.3 is 15.1 Å². The third kappa shape index (κ3) is 5.60. The molecular weight excluding hydrogens is 382 g/mol. The normalized spacial score (nSPS) is 10.9. The van der Waals surface area contributed by atoms with E-state index >= 15 is 0 Å². The molecule has 0 saturated heterocycles. The van der Waals surface area contributed by atoms with Crippen LogP contribution in [0.2, 0.25) is 0 Å². The second-order valence-corrected chi connectivity index (χ2v) is 7.14. The van der Waals surface area contributed by atoms with E-state index in [1.54, 1.807) is 23.3 Å². The summed E-state index contributed by atoms with van der Waals surface area (Å²) in [5.74, 6) is -1.76. The van der Waals surface area contributed by atoms with Gasteiger partial charge in [0.25, 0.3) is 0 Å². The van der Waals surface area contributed by atoms with Crippen molar-refractivity contribution in [2.45, 2.75) is 52.9 Å². The summed E-state index contributed by atoms with van der Waals surface area (Å²) in [6.07, 6.45) is 4.51. The summed E-state index contributed by atoms with van der Waals surface area (Å²) < 4.78 is 0. The average molecular weight is 414 g/mol. The Hall–Kier alpha value is -2.86. The van der Waals surface area contributed by atoms with Gasteiger partial charge >= 0.3 is 5.97 Å². The lowest BCUT2D eigenvalue weighted by Gasteiger charge is -2.19. The fourth-order valence-electron chi connectivity index (χ4n) is 3.37. The number of hydrogen-bond donors (Lipinski definition) is 2. The van der Waals surface area contributed by atoms with Gasteiger partial charge in [-0.1, -0.05) is 44.4 Å². The van der Waals surface area contributed by atoms with Gasteiger partial charge in [-0.3, -0.25) is 4.79 Å². The number of phenolic OH excluding ortho intramolecular Hbond substituents is 2. The third-order valence-electron chi connectivity index (χ3n) is 5.10. The summed E-state index contributed by atoms with van der Waals surface area (Å²) in [6.45, 7) is 7.03. The number of rotatable bonds is 11. The van der Waals surface area contributed by atoms with E-state index in [9.17, 15) is 19.8 Å². The fourth-order valence-corrected chi connectivity index (χ4v) is 3.37. The number of nitrogens with zero attached hydrogens (tertiary/aromatic N) is 1. The number of benzene rings is 2. The van der Waals surface area contributed by atoms with Gasteiger partial charge in [-0.25, -0.2) is 4.79 Å². The van der Waals surface area contributed by atoms with Gasteiger partial charge in [0.15, 0.2) is 17.3 Å². The first-order valence-corrected chi connectivity index (χ1v) is 10.6. The number of unbranched alkanes of at least 4 members (excludes halogenated alkanes) is 3. The molecule has 0 aliphatic heterocycles. The Labute approximate surface area is 178 Å². The molecule has 6 nitrogen and oxygen atoms in total. The van der Waals surface area contributed by atoms with Crippen LogP contribution in [0.25, 0.3) is 0 Å². The Bertz CT molecular complexity index is 874. The number of para-hydroxylation sites is 1. The lowest BCUT2D eigenvalue weighted by atomic mass is 9.91. The standard InChI is InChI=1S/C24H31NO5/c1-4-7-8-9-12-17-18(22(27)20-15-11-16-21(26)23(20)28)13-10-14-19(17)24(29)30-25(5-2)6-3/h10-11,13-16,26,28H,4-9,12H2,1-3H3. The second kappa shape index (κ2) is 11.4. The molecule has 0 aliphatic carbocycles. The van der Waals surface area contributed by atoms with Crippen molar-refractivity contribution in [1.82, 2.24) is 5.06 Å². The lowest BCUT2D eigenvalue weighted by Crippen LogP contribution is -2.27. The van der Waals surface area contributed by atoms with Crippen molar-refractivity contribution < 1.29 is 24.6 Å². The van der Waals surface area contributed by atoms with Gasteiger partial charge in [-0.15, -0.1) is 5.06 Å². The van der Waals surface area contributed by atoms with Crippen molar-refractivity contribution in [3.05, 3.63) is 58.7 Å². The van der Waals surface area contributed by atoms with Crippen molar-refractivity contribution in [3.8, 4) is 11.5 Å². The molecule has 0 aromatic heterocycles. The zero-order valence-corrected chi connectivity index (χ0v) is 18.0. The summed E-state index contributed by atoms with van der Waals surface area (Å²) in [5, 5.41) is 21.5. The second-order valence-electron chi connectivity index (χ2n) is 7.14. The molecule has 2 rings (SSSR count). The molecule has 30 heavy (non-hydrogen) atoms. The number of phenols is 2. The molecule has 0 radical (unpaired) electrons. The van der Waals surface area contributed by atoms with Gasteiger partial charge in [0, 0.05) is 18.7 Å². The molecule has 0 atom stereocenters. The Morgan fingerprint density at radius 3 is 2.17 bits per heavy atom. The van der Waals surface area contributed by atoms with Crippen LogP contribution < -0.4 is 0 Å². The van der Waals surface area contributed by atoms with E-state index in [1.807, 2.05) is 13.8 Å². The van der Waals surface area contributed by atoms with Gasteiger partial charge in [0.2, 0.25) is 0 Å². The van der Waals surface area contributed by atoms with Crippen LogP contribution in [0.15, 0.2) is 36.4 Å². The van der Waals surface area contributed by atoms with E-state index in [0.717, 1.165) is 25.7 Å². The first-order valence-electron chi connectivity index (χ1n) is 10.6. The van der Waals surface area contributed by atoms with Crippen LogP contribution in [0, 0.1) is 0 Å². The smallest absolute Gasteiger partial charge is 0.357 e. The SMILES string of the molecule is CCCCCCc1c(C(=O)ON(CC)CC)cccc1C(=O)c1cccc(O)c1O. The van der Waals surface area contributed by atoms with Crippen LogP contribution in [-0.4, -0.2) is 40.1 Å². The number of carbonyl (C=O) groups is 2. The molecule has 0 amide bonds. The quantitative estimate of drug-likeness (QED) is 0.237. The maximum atomic E-state index is 13.2. The molecule has 6 heteroatoms. The minimum atomic E-state index is -0.501. The van der Waals surface area contributed by atoms with Crippen molar-refractivity contribution in [3.63, 3.8) is 0 Å². The van der Waals surface area contributed by atoms with Gasteiger partial charge in [0.05, 0.1) is 11.1 Å². The minimum Gasteiger partial charge on any atom is -0.504 e. The van der Waals surface area contributed by atoms with Gasteiger partial charge in [-0.05, 0) is 50.5 Å². The molecule has 0 heterocycles. The van der Waals surface area contributed by atoms with Crippen LogP contribution in [0.4, 0.5) is 0 Å². The Kier molecular flexibility index (Phi) is 8.87. The zero-order chi connectivity index (χ0) is 22.1. The summed E-state index contributed by atoms with van der Waals surface area (Å²) in [4.78, 5) is 31.5. The van der Waals surface area contributed by atoms with Crippen molar-refractivity contribution in [2.75, 3.05) is 13.1 Å². The zero-order valence-electron chi connectivity index (χ0n) is 18.0. The van der Waals surface area contributed by atoms with E-state index in [2.05, 4.69) is 6.92 Å². The minimum absolute atomic E-state index is 0.000863. The molecule has 0 saturated carbocycles. The first kappa shape index (κ1) is 23.4. The average Bonchev–Trinajstić information content (AvgIpc) is 2.76. The van der Waals surface area contributed by atoms with Gasteiger partial charge in [-0.2, -0.15) is 0 Å². The molecule has 2 aromatic carbocycles. The summed E-state index contributed by atoms with van der Waals surface area (Å²) in [7, 11) is 0. The van der Waals surface area contributed by atoms with E-state index in [4.69, 9.17) is 4.84 Å². The summed E-state index contributed by atoms with van der Waals surface area (Å²) in [5.41, 5.74) is 1.29. The first-order chi connectivity index (χ1) is 14.4. The monoisotopic (exact) mass is 413 g/mol. The number of ketones is 1. The number of hydrogen-bond acceptors (Lipinski definition) is 6. The van der Waals surface area contributed by atoms with E-state index in [-0.39, 0.29) is 11.3 Å². The molecular formula is C24H31NO5. The Morgan fingerprint density at radius 2 is 1.50 bits per heavy atom. The fraction of sp³-hybridized carbons (Fsp3) is 0.417. The topological polar surface area (TPSA) is 87.1 Å². The van der Waals surface area contributed by atoms with Crippen LogP contribution >= 0.6 is 0 Å². The highest BCUT2D eigenvalue weighted by Crippen LogP contribution is 2.31. The molecule has 0 spiro atoms. The van der Waals surface area contributed by atoms with Crippen LogP contribution in [-0.2, 0) is 11.3 Å². The third-order valence-corrected chi connectivity index (χ3v) is 5.10. The van der Waals surface area contributed by atoms with E-state index < -0.39 is 17.5 Å². The maximum absolute atomic E-state index is 13.2. The van der Waals surface area contributed by atoms with E-state index in [0.29, 0.717) is 36.2 Å². The van der Waals surface area contributed by atoms with Crippen molar-refractivity contribution in [2.24, 2.45) is 0 Å². The Balaban J connectivity index is 2.46. The highest BCUT2D eigenvalue weighted by molar-refractivity contribution is 6.13.